The normalized spacial score (nSPS) is 21.8. The molecule has 1 rings (SSSR count). The molecule has 0 bridgehead atoms. The van der Waals surface area contributed by atoms with Crippen molar-refractivity contribution >= 4 is 5.97 Å². The lowest BCUT2D eigenvalue weighted by molar-refractivity contribution is -0.142. The van der Waals surface area contributed by atoms with Crippen molar-refractivity contribution in [3.63, 3.8) is 0 Å². The summed E-state index contributed by atoms with van der Waals surface area (Å²) < 4.78 is 4.74. The van der Waals surface area contributed by atoms with Crippen LogP contribution in [0.2, 0.25) is 0 Å². The monoisotopic (exact) mass is 225 g/mol. The Morgan fingerprint density at radius 2 is 2.25 bits per heavy atom. The molecule has 0 saturated carbocycles. The van der Waals surface area contributed by atoms with Crippen LogP contribution < -0.4 is 0 Å². The molecule has 0 aromatic heterocycles. The van der Waals surface area contributed by atoms with Gasteiger partial charge in [-0.1, -0.05) is 12.0 Å². The molecule has 3 nitrogen and oxygen atoms in total. The first kappa shape index (κ1) is 13.2. The van der Waals surface area contributed by atoms with E-state index in [1.807, 2.05) is 0 Å². The minimum Gasteiger partial charge on any atom is -0.469 e. The maximum Gasteiger partial charge on any atom is 0.307 e. The molecule has 0 N–H and O–H groups in total. The molecule has 0 aliphatic carbocycles. The maximum absolute atomic E-state index is 11.3. The lowest BCUT2D eigenvalue weighted by Gasteiger charge is -2.35. The SMILES string of the molecule is C=C(C)CCN1CCCCC1CC(=O)OC. The Bertz CT molecular complexity index is 250. The van der Waals surface area contributed by atoms with Gasteiger partial charge >= 0.3 is 5.97 Å². The Morgan fingerprint density at radius 1 is 1.50 bits per heavy atom. The number of rotatable bonds is 5. The highest BCUT2D eigenvalue weighted by Gasteiger charge is 2.24. The van der Waals surface area contributed by atoms with E-state index in [2.05, 4.69) is 18.4 Å². The summed E-state index contributed by atoms with van der Waals surface area (Å²) >= 11 is 0. The van der Waals surface area contributed by atoms with E-state index < -0.39 is 0 Å². The molecule has 0 amide bonds. The highest BCUT2D eigenvalue weighted by Crippen LogP contribution is 2.20. The third-order valence-corrected chi connectivity index (χ3v) is 3.20. The number of piperidine rings is 1. The summed E-state index contributed by atoms with van der Waals surface area (Å²) in [6.07, 6.45) is 5.15. The fraction of sp³-hybridized carbons (Fsp3) is 0.769. The summed E-state index contributed by atoms with van der Waals surface area (Å²) in [5.41, 5.74) is 1.21. The van der Waals surface area contributed by atoms with E-state index in [0.29, 0.717) is 12.5 Å². The minimum atomic E-state index is -0.0905. The van der Waals surface area contributed by atoms with E-state index in [4.69, 9.17) is 4.74 Å². The van der Waals surface area contributed by atoms with Gasteiger partial charge in [0.15, 0.2) is 0 Å². The summed E-state index contributed by atoms with van der Waals surface area (Å²) in [5.74, 6) is -0.0905. The molecule has 1 saturated heterocycles. The van der Waals surface area contributed by atoms with Gasteiger partial charge in [0.25, 0.3) is 0 Å². The van der Waals surface area contributed by atoms with Crippen molar-refractivity contribution in [2.45, 2.75) is 45.1 Å². The topological polar surface area (TPSA) is 29.5 Å². The van der Waals surface area contributed by atoms with E-state index in [1.165, 1.54) is 25.5 Å². The Hall–Kier alpha value is -0.830. The number of nitrogens with zero attached hydrogens (tertiary/aromatic N) is 1. The minimum absolute atomic E-state index is 0.0905. The summed E-state index contributed by atoms with van der Waals surface area (Å²) in [5, 5.41) is 0. The molecule has 1 heterocycles. The van der Waals surface area contributed by atoms with Gasteiger partial charge in [0.1, 0.15) is 0 Å². The van der Waals surface area contributed by atoms with Crippen LogP contribution in [0.5, 0.6) is 0 Å². The largest absolute Gasteiger partial charge is 0.469 e. The van der Waals surface area contributed by atoms with Crippen LogP contribution >= 0.6 is 0 Å². The highest BCUT2D eigenvalue weighted by molar-refractivity contribution is 5.69. The van der Waals surface area contributed by atoms with Crippen molar-refractivity contribution in [1.82, 2.24) is 4.90 Å². The quantitative estimate of drug-likeness (QED) is 0.531. The van der Waals surface area contributed by atoms with Gasteiger partial charge < -0.3 is 4.74 Å². The van der Waals surface area contributed by atoms with Crippen LogP contribution in [0.4, 0.5) is 0 Å². The van der Waals surface area contributed by atoms with Gasteiger partial charge in [0.2, 0.25) is 0 Å². The molecule has 0 aromatic carbocycles. The van der Waals surface area contributed by atoms with Gasteiger partial charge in [0.05, 0.1) is 13.5 Å². The first-order chi connectivity index (χ1) is 7.63. The van der Waals surface area contributed by atoms with Crippen LogP contribution in [0.1, 0.15) is 39.0 Å². The van der Waals surface area contributed by atoms with E-state index in [-0.39, 0.29) is 5.97 Å². The second kappa shape index (κ2) is 6.69. The van der Waals surface area contributed by atoms with Crippen LogP contribution in [0, 0.1) is 0 Å². The van der Waals surface area contributed by atoms with E-state index in [1.54, 1.807) is 0 Å². The van der Waals surface area contributed by atoms with E-state index in [0.717, 1.165) is 25.9 Å². The molecular formula is C13H23NO2. The molecule has 1 atom stereocenters. The standard InChI is InChI=1S/C13H23NO2/c1-11(2)7-9-14-8-5-4-6-12(14)10-13(15)16-3/h12H,1,4-10H2,2-3H3. The number of hydrogen-bond acceptors (Lipinski definition) is 3. The highest BCUT2D eigenvalue weighted by atomic mass is 16.5. The van der Waals surface area contributed by atoms with Crippen molar-refractivity contribution in [2.24, 2.45) is 0 Å². The Kier molecular flexibility index (Phi) is 5.53. The molecule has 1 fully saturated rings. The Balaban J connectivity index is 2.43. The van der Waals surface area contributed by atoms with Gasteiger partial charge in [-0.25, -0.2) is 0 Å². The van der Waals surface area contributed by atoms with Crippen molar-refractivity contribution in [1.29, 1.82) is 0 Å². The molecule has 0 spiro atoms. The Morgan fingerprint density at radius 3 is 2.88 bits per heavy atom. The van der Waals surface area contributed by atoms with Crippen molar-refractivity contribution < 1.29 is 9.53 Å². The zero-order valence-corrected chi connectivity index (χ0v) is 10.5. The average Bonchev–Trinajstić information content (AvgIpc) is 2.27. The average molecular weight is 225 g/mol. The fourth-order valence-electron chi connectivity index (χ4n) is 2.20. The zero-order valence-electron chi connectivity index (χ0n) is 10.5. The predicted molar refractivity (Wildman–Crippen MR) is 65.3 cm³/mol. The number of methoxy groups -OCH3 is 1. The third-order valence-electron chi connectivity index (χ3n) is 3.20. The molecule has 0 radical (unpaired) electrons. The molecule has 0 aromatic rings. The second-order valence-corrected chi connectivity index (χ2v) is 4.67. The summed E-state index contributed by atoms with van der Waals surface area (Å²) in [6.45, 7) is 8.11. The van der Waals surface area contributed by atoms with Crippen LogP contribution in [-0.2, 0) is 9.53 Å². The lowest BCUT2D eigenvalue weighted by Crippen LogP contribution is -2.41. The van der Waals surface area contributed by atoms with Gasteiger partial charge in [-0.3, -0.25) is 9.69 Å². The fourth-order valence-corrected chi connectivity index (χ4v) is 2.20. The number of likely N-dealkylation sites (tertiary alicyclic amines) is 1. The second-order valence-electron chi connectivity index (χ2n) is 4.67. The van der Waals surface area contributed by atoms with Crippen LogP contribution in [0.25, 0.3) is 0 Å². The zero-order chi connectivity index (χ0) is 12.0. The van der Waals surface area contributed by atoms with Crippen molar-refractivity contribution in [2.75, 3.05) is 20.2 Å². The van der Waals surface area contributed by atoms with Gasteiger partial charge in [-0.2, -0.15) is 0 Å². The molecular weight excluding hydrogens is 202 g/mol. The van der Waals surface area contributed by atoms with Crippen molar-refractivity contribution in [3.8, 4) is 0 Å². The molecule has 1 aliphatic rings. The first-order valence-corrected chi connectivity index (χ1v) is 6.08. The molecule has 3 heteroatoms. The van der Waals surface area contributed by atoms with Crippen molar-refractivity contribution in [3.05, 3.63) is 12.2 Å². The summed E-state index contributed by atoms with van der Waals surface area (Å²) in [6, 6.07) is 0.376. The summed E-state index contributed by atoms with van der Waals surface area (Å²) in [4.78, 5) is 13.7. The number of esters is 1. The lowest BCUT2D eigenvalue weighted by atomic mass is 9.99. The van der Waals surface area contributed by atoms with Gasteiger partial charge in [0, 0.05) is 12.6 Å². The summed E-state index contributed by atoms with van der Waals surface area (Å²) in [7, 11) is 1.46. The third kappa shape index (κ3) is 4.35. The van der Waals surface area contributed by atoms with Gasteiger partial charge in [-0.15, -0.1) is 6.58 Å². The number of carbonyl (C=O) groups is 1. The Labute approximate surface area is 98.5 Å². The maximum atomic E-state index is 11.3. The van der Waals surface area contributed by atoms with Crippen LogP contribution in [-0.4, -0.2) is 37.1 Å². The smallest absolute Gasteiger partial charge is 0.307 e. The molecule has 16 heavy (non-hydrogen) atoms. The number of carbonyl (C=O) groups excluding carboxylic acids is 1. The number of hydrogen-bond donors (Lipinski definition) is 0. The van der Waals surface area contributed by atoms with Crippen LogP contribution in [0.15, 0.2) is 12.2 Å². The molecule has 1 aliphatic heterocycles. The van der Waals surface area contributed by atoms with Gasteiger partial charge in [-0.05, 0) is 32.7 Å². The molecule has 92 valence electrons. The number of ether oxygens (including phenoxy) is 1. The van der Waals surface area contributed by atoms with Crippen LogP contribution in [0.3, 0.4) is 0 Å². The molecule has 1 unspecified atom stereocenters. The predicted octanol–water partition coefficient (Wildman–Crippen LogP) is 2.37. The van der Waals surface area contributed by atoms with E-state index in [9.17, 15) is 4.79 Å². The first-order valence-electron chi connectivity index (χ1n) is 6.08. The van der Waals surface area contributed by atoms with E-state index >= 15 is 0 Å².